The molecule has 16 heavy (non-hydrogen) atoms. The standard InChI is InChI=1S/C12H15NO3/c1-15-9-6-13(7-9)11-4-3-5-12(16-2)10(11)8-14/h3-5,8-9H,6-7H2,1-2H3. The highest BCUT2D eigenvalue weighted by Gasteiger charge is 2.28. The second-order valence-electron chi connectivity index (χ2n) is 3.77. The molecule has 0 saturated carbocycles. The van der Waals surface area contributed by atoms with Crippen LogP contribution in [0.4, 0.5) is 5.69 Å². The van der Waals surface area contributed by atoms with E-state index in [1.807, 2.05) is 12.1 Å². The first kappa shape index (κ1) is 11.0. The van der Waals surface area contributed by atoms with Gasteiger partial charge in [0.25, 0.3) is 0 Å². The Hall–Kier alpha value is -1.55. The highest BCUT2D eigenvalue weighted by molar-refractivity contribution is 5.88. The average molecular weight is 221 g/mol. The van der Waals surface area contributed by atoms with Crippen LogP contribution in [0, 0.1) is 0 Å². The maximum absolute atomic E-state index is 11.1. The van der Waals surface area contributed by atoms with Crippen molar-refractivity contribution >= 4 is 12.0 Å². The number of carbonyl (C=O) groups is 1. The maximum atomic E-state index is 11.1. The van der Waals surface area contributed by atoms with Crippen molar-refractivity contribution < 1.29 is 14.3 Å². The number of hydrogen-bond acceptors (Lipinski definition) is 4. The van der Waals surface area contributed by atoms with Crippen LogP contribution in [0.15, 0.2) is 18.2 Å². The van der Waals surface area contributed by atoms with Crippen LogP contribution >= 0.6 is 0 Å². The van der Waals surface area contributed by atoms with Gasteiger partial charge in [0.05, 0.1) is 24.5 Å². The van der Waals surface area contributed by atoms with E-state index in [1.165, 1.54) is 0 Å². The van der Waals surface area contributed by atoms with E-state index in [4.69, 9.17) is 9.47 Å². The van der Waals surface area contributed by atoms with Gasteiger partial charge in [-0.3, -0.25) is 4.79 Å². The molecular formula is C12H15NO3. The molecule has 0 aliphatic carbocycles. The first-order valence-corrected chi connectivity index (χ1v) is 5.20. The van der Waals surface area contributed by atoms with E-state index >= 15 is 0 Å². The molecule has 1 saturated heterocycles. The Morgan fingerprint density at radius 2 is 2.12 bits per heavy atom. The van der Waals surface area contributed by atoms with Crippen molar-refractivity contribution in [2.45, 2.75) is 6.10 Å². The Kier molecular flexibility index (Phi) is 3.10. The van der Waals surface area contributed by atoms with E-state index in [1.54, 1.807) is 20.3 Å². The molecule has 1 fully saturated rings. The van der Waals surface area contributed by atoms with Gasteiger partial charge in [-0.05, 0) is 12.1 Å². The minimum atomic E-state index is 0.269. The van der Waals surface area contributed by atoms with Crippen LogP contribution < -0.4 is 9.64 Å². The van der Waals surface area contributed by atoms with Crippen molar-refractivity contribution in [3.05, 3.63) is 23.8 Å². The lowest BCUT2D eigenvalue weighted by Gasteiger charge is -2.40. The molecule has 0 radical (unpaired) electrons. The molecule has 86 valence electrons. The fourth-order valence-electron chi connectivity index (χ4n) is 1.89. The van der Waals surface area contributed by atoms with Crippen molar-refractivity contribution in [2.24, 2.45) is 0 Å². The van der Waals surface area contributed by atoms with Crippen LogP contribution in [0.3, 0.4) is 0 Å². The number of ether oxygens (including phenoxy) is 2. The highest BCUT2D eigenvalue weighted by atomic mass is 16.5. The molecule has 4 nitrogen and oxygen atoms in total. The SMILES string of the molecule is COc1cccc(N2CC(OC)C2)c1C=O. The number of methoxy groups -OCH3 is 2. The number of benzene rings is 1. The number of carbonyl (C=O) groups excluding carboxylic acids is 1. The average Bonchev–Trinajstić information content (AvgIpc) is 2.27. The van der Waals surface area contributed by atoms with Crippen LogP contribution in [-0.2, 0) is 4.74 Å². The van der Waals surface area contributed by atoms with E-state index in [0.29, 0.717) is 11.3 Å². The van der Waals surface area contributed by atoms with E-state index in [0.717, 1.165) is 25.1 Å². The Labute approximate surface area is 94.8 Å². The zero-order valence-corrected chi connectivity index (χ0v) is 9.47. The van der Waals surface area contributed by atoms with Gasteiger partial charge >= 0.3 is 0 Å². The van der Waals surface area contributed by atoms with Gasteiger partial charge < -0.3 is 14.4 Å². The Bertz CT molecular complexity index is 386. The van der Waals surface area contributed by atoms with Gasteiger partial charge in [0, 0.05) is 20.2 Å². The molecule has 4 heteroatoms. The summed E-state index contributed by atoms with van der Waals surface area (Å²) in [6, 6.07) is 5.61. The zero-order valence-electron chi connectivity index (χ0n) is 9.47. The first-order chi connectivity index (χ1) is 7.80. The van der Waals surface area contributed by atoms with Crippen molar-refractivity contribution in [1.29, 1.82) is 0 Å². The summed E-state index contributed by atoms with van der Waals surface area (Å²) >= 11 is 0. The molecular weight excluding hydrogens is 206 g/mol. The lowest BCUT2D eigenvalue weighted by atomic mass is 10.1. The second-order valence-corrected chi connectivity index (χ2v) is 3.77. The van der Waals surface area contributed by atoms with E-state index in [2.05, 4.69) is 4.90 Å². The van der Waals surface area contributed by atoms with Crippen molar-refractivity contribution in [2.75, 3.05) is 32.2 Å². The molecule has 1 heterocycles. The summed E-state index contributed by atoms with van der Waals surface area (Å²) in [7, 11) is 3.27. The smallest absolute Gasteiger partial charge is 0.155 e. The molecule has 1 aromatic carbocycles. The van der Waals surface area contributed by atoms with Crippen molar-refractivity contribution in [1.82, 2.24) is 0 Å². The summed E-state index contributed by atoms with van der Waals surface area (Å²) in [6.07, 6.45) is 1.11. The number of rotatable bonds is 4. The van der Waals surface area contributed by atoms with E-state index < -0.39 is 0 Å². The number of nitrogens with zero attached hydrogens (tertiary/aromatic N) is 1. The Balaban J connectivity index is 2.24. The normalized spacial score (nSPS) is 15.8. The topological polar surface area (TPSA) is 38.8 Å². The molecule has 2 rings (SSSR count). The van der Waals surface area contributed by atoms with Crippen LogP contribution in [0.2, 0.25) is 0 Å². The van der Waals surface area contributed by atoms with E-state index in [9.17, 15) is 4.79 Å². The minimum absolute atomic E-state index is 0.269. The van der Waals surface area contributed by atoms with Gasteiger partial charge in [-0.2, -0.15) is 0 Å². The molecule has 0 spiro atoms. The fraction of sp³-hybridized carbons (Fsp3) is 0.417. The fourth-order valence-corrected chi connectivity index (χ4v) is 1.89. The van der Waals surface area contributed by atoms with Crippen LogP contribution in [0.1, 0.15) is 10.4 Å². The maximum Gasteiger partial charge on any atom is 0.155 e. The first-order valence-electron chi connectivity index (χ1n) is 5.20. The molecule has 1 aromatic rings. The largest absolute Gasteiger partial charge is 0.496 e. The molecule has 0 unspecified atom stereocenters. The lowest BCUT2D eigenvalue weighted by molar-refractivity contribution is 0.0785. The summed E-state index contributed by atoms with van der Waals surface area (Å²) in [5, 5.41) is 0. The number of aldehydes is 1. The summed E-state index contributed by atoms with van der Waals surface area (Å²) in [4.78, 5) is 13.2. The summed E-state index contributed by atoms with van der Waals surface area (Å²) < 4.78 is 10.4. The molecule has 1 aliphatic rings. The highest BCUT2D eigenvalue weighted by Crippen LogP contribution is 2.30. The van der Waals surface area contributed by atoms with Gasteiger partial charge in [0.1, 0.15) is 5.75 Å². The van der Waals surface area contributed by atoms with Gasteiger partial charge in [-0.25, -0.2) is 0 Å². The van der Waals surface area contributed by atoms with Crippen molar-refractivity contribution in [3.63, 3.8) is 0 Å². The van der Waals surface area contributed by atoms with Gasteiger partial charge in [-0.1, -0.05) is 6.07 Å². The summed E-state index contributed by atoms with van der Waals surface area (Å²) in [5.74, 6) is 0.619. The Morgan fingerprint density at radius 1 is 1.38 bits per heavy atom. The molecule has 0 bridgehead atoms. The predicted octanol–water partition coefficient (Wildman–Crippen LogP) is 1.34. The third-order valence-corrected chi connectivity index (χ3v) is 2.90. The lowest BCUT2D eigenvalue weighted by Crippen LogP contribution is -2.52. The predicted molar refractivity (Wildman–Crippen MR) is 61.4 cm³/mol. The van der Waals surface area contributed by atoms with Gasteiger partial charge in [0.15, 0.2) is 6.29 Å². The van der Waals surface area contributed by atoms with E-state index in [-0.39, 0.29) is 6.10 Å². The number of hydrogen-bond donors (Lipinski definition) is 0. The van der Waals surface area contributed by atoms with Crippen LogP contribution in [0.25, 0.3) is 0 Å². The quantitative estimate of drug-likeness (QED) is 0.719. The monoisotopic (exact) mass is 221 g/mol. The third-order valence-electron chi connectivity index (χ3n) is 2.90. The van der Waals surface area contributed by atoms with Crippen molar-refractivity contribution in [3.8, 4) is 5.75 Å². The summed E-state index contributed by atoms with van der Waals surface area (Å²) in [5.41, 5.74) is 1.53. The molecule has 1 aliphatic heterocycles. The zero-order chi connectivity index (χ0) is 11.5. The molecule has 0 N–H and O–H groups in total. The number of anilines is 1. The minimum Gasteiger partial charge on any atom is -0.496 e. The summed E-state index contributed by atoms with van der Waals surface area (Å²) in [6.45, 7) is 1.65. The van der Waals surface area contributed by atoms with Gasteiger partial charge in [0.2, 0.25) is 0 Å². The molecule has 0 aromatic heterocycles. The Morgan fingerprint density at radius 3 is 2.69 bits per heavy atom. The second kappa shape index (κ2) is 4.53. The van der Waals surface area contributed by atoms with Crippen LogP contribution in [0.5, 0.6) is 5.75 Å². The third kappa shape index (κ3) is 1.76. The van der Waals surface area contributed by atoms with Crippen LogP contribution in [-0.4, -0.2) is 39.7 Å². The van der Waals surface area contributed by atoms with Gasteiger partial charge in [-0.15, -0.1) is 0 Å². The molecule has 0 amide bonds. The molecule has 0 atom stereocenters.